The van der Waals surface area contributed by atoms with Crippen LogP contribution in [0.5, 0.6) is 0 Å². The summed E-state index contributed by atoms with van der Waals surface area (Å²) >= 11 is 2.11. The van der Waals surface area contributed by atoms with E-state index in [2.05, 4.69) is 53.8 Å². The van der Waals surface area contributed by atoms with Gasteiger partial charge >= 0.3 is 0 Å². The van der Waals surface area contributed by atoms with Gasteiger partial charge in [-0.15, -0.1) is 0 Å². The summed E-state index contributed by atoms with van der Waals surface area (Å²) in [7, 11) is 9.15. The normalized spacial score (nSPS) is 11.6. The van der Waals surface area contributed by atoms with Crippen molar-refractivity contribution in [1.82, 2.24) is 0 Å². The number of rotatable bonds is 8. The maximum atomic E-state index is 2.36. The van der Waals surface area contributed by atoms with Gasteiger partial charge < -0.3 is 56.9 Å². The van der Waals surface area contributed by atoms with Crippen molar-refractivity contribution < 1.29 is 56.9 Å². The number of hydrogen-bond donors (Lipinski definition) is 0. The van der Waals surface area contributed by atoms with Gasteiger partial charge in [0.25, 0.3) is 0 Å². The zero-order valence-corrected chi connectivity index (χ0v) is 17.4. The Balaban J connectivity index is -0.000000980. The molecule has 0 aliphatic heterocycles. The molecule has 0 radical (unpaired) electrons. The molecular weight excluding hydrogens is 458 g/mol. The minimum absolute atomic E-state index is 0. The van der Waals surface area contributed by atoms with Crippen LogP contribution in [0.1, 0.15) is 13.8 Å². The predicted molar refractivity (Wildman–Crippen MR) is 72.4 cm³/mol. The van der Waals surface area contributed by atoms with E-state index in [0.29, 0.717) is 0 Å². The largest absolute Gasteiger partial charge is 1.00 e. The molecule has 0 aliphatic rings. The summed E-state index contributed by atoms with van der Waals surface area (Å²) in [5.74, 6) is 2.59. The Bertz CT molecular complexity index is 168. The third-order valence-electron chi connectivity index (χ3n) is 3.21. The van der Waals surface area contributed by atoms with Gasteiger partial charge in [-0.2, -0.15) is 11.8 Å². The summed E-state index contributed by atoms with van der Waals surface area (Å²) < 4.78 is 2.30. The molecule has 0 spiro atoms. The van der Waals surface area contributed by atoms with Crippen molar-refractivity contribution in [3.63, 3.8) is 0 Å². The molecule has 5 heteroatoms. The predicted octanol–water partition coefficient (Wildman–Crippen LogP) is -4.08. The Labute approximate surface area is 147 Å². The fourth-order valence-electron chi connectivity index (χ4n) is 1.27. The number of thioether (sulfide) groups is 1. The van der Waals surface area contributed by atoms with Crippen molar-refractivity contribution >= 4 is 11.8 Å². The van der Waals surface area contributed by atoms with Crippen LogP contribution in [-0.4, -0.2) is 74.8 Å². The first-order valence-electron chi connectivity index (χ1n) is 6.05. The van der Waals surface area contributed by atoms with Crippen LogP contribution in [0.3, 0.4) is 0 Å². The van der Waals surface area contributed by atoms with Crippen LogP contribution < -0.4 is 48.0 Å². The number of quaternary nitrogens is 2. The van der Waals surface area contributed by atoms with Crippen LogP contribution in [0.4, 0.5) is 0 Å². The topological polar surface area (TPSA) is 0 Å². The van der Waals surface area contributed by atoms with Crippen molar-refractivity contribution in [3.8, 4) is 0 Å². The molecule has 0 unspecified atom stereocenters. The van der Waals surface area contributed by atoms with Crippen molar-refractivity contribution in [2.75, 3.05) is 65.9 Å². The van der Waals surface area contributed by atoms with E-state index in [1.54, 1.807) is 0 Å². The van der Waals surface area contributed by atoms with E-state index in [-0.39, 0.29) is 48.0 Å². The lowest BCUT2D eigenvalue weighted by molar-refractivity contribution is -0.903. The smallest absolute Gasteiger partial charge is 0.0876 e. The lowest BCUT2D eigenvalue weighted by atomic mass is 10.4. The van der Waals surface area contributed by atoms with E-state index in [9.17, 15) is 0 Å². The van der Waals surface area contributed by atoms with Crippen molar-refractivity contribution in [2.24, 2.45) is 0 Å². The van der Waals surface area contributed by atoms with Crippen molar-refractivity contribution in [3.05, 3.63) is 0 Å². The average molecular weight is 488 g/mol. The van der Waals surface area contributed by atoms with Gasteiger partial charge in [-0.05, 0) is 13.8 Å². The standard InChI is InChI=1S/C12H30N2S.2HI/c1-7-14(6,8-2)10-12-15-11-9-13(3,4)5;;/h7-12H2,1-6H3;2*1H/q+2;;/p-2. The molecule has 0 aromatic carbocycles. The first kappa shape index (κ1) is 23.8. The summed E-state index contributed by atoms with van der Waals surface area (Å²) in [6.45, 7) is 9.68. The van der Waals surface area contributed by atoms with Crippen LogP contribution in [0.25, 0.3) is 0 Å². The minimum atomic E-state index is 0. The first-order chi connectivity index (χ1) is 6.83. The fraction of sp³-hybridized carbons (Fsp3) is 1.00. The highest BCUT2D eigenvalue weighted by atomic mass is 127. The van der Waals surface area contributed by atoms with Crippen LogP contribution in [0.15, 0.2) is 0 Å². The monoisotopic (exact) mass is 488 g/mol. The molecule has 2 nitrogen and oxygen atoms in total. The molecule has 0 heterocycles. The zero-order chi connectivity index (χ0) is 11.9. The molecule has 0 rings (SSSR count). The van der Waals surface area contributed by atoms with Gasteiger partial charge in [0, 0.05) is 11.5 Å². The van der Waals surface area contributed by atoms with Crippen molar-refractivity contribution in [2.45, 2.75) is 13.8 Å². The van der Waals surface area contributed by atoms with Gasteiger partial charge in [0.15, 0.2) is 0 Å². The second kappa shape index (κ2) is 11.5. The number of halogens is 2. The van der Waals surface area contributed by atoms with E-state index in [0.717, 1.165) is 4.48 Å². The molecule has 0 fully saturated rings. The third-order valence-corrected chi connectivity index (χ3v) is 4.15. The maximum absolute atomic E-state index is 2.36. The molecule has 0 amide bonds. The van der Waals surface area contributed by atoms with Gasteiger partial charge in [-0.3, -0.25) is 0 Å². The quantitative estimate of drug-likeness (QED) is 0.191. The molecule has 0 saturated heterocycles. The van der Waals surface area contributed by atoms with Crippen molar-refractivity contribution in [1.29, 1.82) is 0 Å². The van der Waals surface area contributed by atoms with E-state index in [4.69, 9.17) is 0 Å². The molecule has 17 heavy (non-hydrogen) atoms. The lowest BCUT2D eigenvalue weighted by Gasteiger charge is -2.32. The third kappa shape index (κ3) is 14.0. The second-order valence-corrected chi connectivity index (χ2v) is 6.83. The molecule has 108 valence electrons. The highest BCUT2D eigenvalue weighted by Gasteiger charge is 2.15. The minimum Gasteiger partial charge on any atom is -1.00 e. The number of hydrogen-bond acceptors (Lipinski definition) is 1. The van der Waals surface area contributed by atoms with Crippen LogP contribution in [-0.2, 0) is 0 Å². The molecular formula is C12H30I2N2S. The lowest BCUT2D eigenvalue weighted by Crippen LogP contribution is -3.00. The Kier molecular flexibility index (Phi) is 16.2. The zero-order valence-electron chi connectivity index (χ0n) is 12.3. The van der Waals surface area contributed by atoms with E-state index in [1.165, 1.54) is 42.2 Å². The molecule has 0 aromatic rings. The fourth-order valence-corrected chi connectivity index (χ4v) is 2.72. The first-order valence-corrected chi connectivity index (χ1v) is 7.20. The van der Waals surface area contributed by atoms with E-state index in [1.807, 2.05) is 0 Å². The summed E-state index contributed by atoms with van der Waals surface area (Å²) in [5, 5.41) is 0. The Morgan fingerprint density at radius 3 is 1.53 bits per heavy atom. The molecule has 0 bridgehead atoms. The van der Waals surface area contributed by atoms with Crippen LogP contribution in [0, 0.1) is 0 Å². The highest BCUT2D eigenvalue weighted by molar-refractivity contribution is 7.99. The second-order valence-electron chi connectivity index (χ2n) is 5.60. The molecule has 0 atom stereocenters. The molecule has 0 N–H and O–H groups in total. The van der Waals surface area contributed by atoms with Gasteiger partial charge in [0.2, 0.25) is 0 Å². The van der Waals surface area contributed by atoms with Gasteiger partial charge in [0.05, 0.1) is 54.4 Å². The summed E-state index contributed by atoms with van der Waals surface area (Å²) in [4.78, 5) is 0. The maximum Gasteiger partial charge on any atom is 0.0876 e. The highest BCUT2D eigenvalue weighted by Crippen LogP contribution is 2.07. The Morgan fingerprint density at radius 2 is 1.18 bits per heavy atom. The number of nitrogens with zero attached hydrogens (tertiary/aromatic N) is 2. The Morgan fingerprint density at radius 1 is 0.765 bits per heavy atom. The molecule has 0 saturated carbocycles. The van der Waals surface area contributed by atoms with E-state index >= 15 is 0 Å². The summed E-state index contributed by atoms with van der Waals surface area (Å²) in [6, 6.07) is 0. The molecule has 0 aliphatic carbocycles. The average Bonchev–Trinajstić information content (AvgIpc) is 2.15. The summed E-state index contributed by atoms with van der Waals surface area (Å²) in [5.41, 5.74) is 0. The van der Waals surface area contributed by atoms with Crippen LogP contribution in [0.2, 0.25) is 0 Å². The molecule has 0 aromatic heterocycles. The van der Waals surface area contributed by atoms with E-state index < -0.39 is 0 Å². The van der Waals surface area contributed by atoms with Gasteiger partial charge in [0.1, 0.15) is 0 Å². The SMILES string of the molecule is CC[N+](C)(CC)CCSCC[N+](C)(C)C.[I-].[I-]. The Hall–Kier alpha value is 1.73. The van der Waals surface area contributed by atoms with Crippen LogP contribution >= 0.6 is 11.8 Å². The summed E-state index contributed by atoms with van der Waals surface area (Å²) in [6.07, 6.45) is 0. The van der Waals surface area contributed by atoms with Gasteiger partial charge in [-0.25, -0.2) is 0 Å². The van der Waals surface area contributed by atoms with Gasteiger partial charge in [-0.1, -0.05) is 0 Å².